The summed E-state index contributed by atoms with van der Waals surface area (Å²) < 4.78 is 2.00. The van der Waals surface area contributed by atoms with Crippen molar-refractivity contribution in [2.75, 3.05) is 0 Å². The molecule has 6 nitrogen and oxygen atoms in total. The Morgan fingerprint density at radius 2 is 2.17 bits per heavy atom. The maximum Gasteiger partial charge on any atom is 0.262 e. The van der Waals surface area contributed by atoms with Crippen LogP contribution in [0.4, 0.5) is 0 Å². The number of hydrogen-bond acceptors (Lipinski definition) is 4. The number of aromatic nitrogens is 5. The van der Waals surface area contributed by atoms with Gasteiger partial charge in [-0.15, -0.1) is 0 Å². The van der Waals surface area contributed by atoms with Crippen LogP contribution in [-0.2, 0) is 12.8 Å². The highest BCUT2D eigenvalue weighted by atomic mass is 16.1. The molecule has 1 saturated carbocycles. The Hall–Kier alpha value is -2.50. The van der Waals surface area contributed by atoms with Gasteiger partial charge in [0.15, 0.2) is 5.65 Å². The van der Waals surface area contributed by atoms with E-state index >= 15 is 0 Å². The van der Waals surface area contributed by atoms with Gasteiger partial charge in [-0.3, -0.25) is 9.78 Å². The fourth-order valence-corrected chi connectivity index (χ4v) is 3.59. The molecule has 1 fully saturated rings. The normalized spacial score (nSPS) is 15.4. The van der Waals surface area contributed by atoms with E-state index in [1.807, 2.05) is 23.7 Å². The molecule has 0 aromatic carbocycles. The lowest BCUT2D eigenvalue weighted by Gasteiger charge is -2.10. The third kappa shape index (κ3) is 2.62. The molecule has 1 aliphatic carbocycles. The lowest BCUT2D eigenvalue weighted by Crippen LogP contribution is -2.14. The van der Waals surface area contributed by atoms with Gasteiger partial charge in [0, 0.05) is 18.8 Å². The average molecular weight is 323 g/mol. The number of nitrogens with one attached hydrogen (secondary N) is 1. The molecule has 3 heterocycles. The van der Waals surface area contributed by atoms with Crippen LogP contribution >= 0.6 is 0 Å². The van der Waals surface area contributed by atoms with Crippen LogP contribution in [0.5, 0.6) is 0 Å². The summed E-state index contributed by atoms with van der Waals surface area (Å²) >= 11 is 0. The Bertz CT molecular complexity index is 906. The molecule has 0 bridgehead atoms. The van der Waals surface area contributed by atoms with Crippen LogP contribution in [0.25, 0.3) is 11.0 Å². The maximum absolute atomic E-state index is 12.6. The minimum Gasteiger partial charge on any atom is -0.310 e. The molecular weight excluding hydrogens is 302 g/mol. The van der Waals surface area contributed by atoms with Crippen LogP contribution in [-0.4, -0.2) is 24.7 Å². The quantitative estimate of drug-likeness (QED) is 0.801. The highest BCUT2D eigenvalue weighted by Crippen LogP contribution is 2.31. The first-order valence-electron chi connectivity index (χ1n) is 8.65. The number of aryl methyl sites for hydroxylation is 1. The predicted molar refractivity (Wildman–Crippen MR) is 92.1 cm³/mol. The molecular formula is C18H21N5O. The smallest absolute Gasteiger partial charge is 0.262 e. The van der Waals surface area contributed by atoms with Crippen LogP contribution < -0.4 is 5.56 Å². The second kappa shape index (κ2) is 6.19. The Balaban J connectivity index is 1.83. The Morgan fingerprint density at radius 3 is 2.88 bits per heavy atom. The molecule has 0 amide bonds. The molecule has 0 atom stereocenters. The number of fused-ring (bicyclic) bond motifs is 1. The summed E-state index contributed by atoms with van der Waals surface area (Å²) in [6.45, 7) is 2.03. The molecule has 24 heavy (non-hydrogen) atoms. The zero-order chi connectivity index (χ0) is 16.5. The Kier molecular flexibility index (Phi) is 3.88. The average Bonchev–Trinajstić information content (AvgIpc) is 3.23. The van der Waals surface area contributed by atoms with Gasteiger partial charge in [0.25, 0.3) is 5.56 Å². The lowest BCUT2D eigenvalue weighted by molar-refractivity contribution is 0.474. The molecule has 0 saturated heterocycles. The molecule has 3 aromatic rings. The third-order valence-electron chi connectivity index (χ3n) is 4.78. The zero-order valence-electron chi connectivity index (χ0n) is 13.8. The van der Waals surface area contributed by atoms with E-state index in [1.165, 1.54) is 12.8 Å². The summed E-state index contributed by atoms with van der Waals surface area (Å²) in [5.41, 5.74) is 2.53. The lowest BCUT2D eigenvalue weighted by atomic mass is 10.2. The molecule has 124 valence electrons. The van der Waals surface area contributed by atoms with E-state index in [0.717, 1.165) is 36.2 Å². The largest absolute Gasteiger partial charge is 0.310 e. The summed E-state index contributed by atoms with van der Waals surface area (Å²) in [6.07, 6.45) is 9.53. The molecule has 0 radical (unpaired) electrons. The standard InChI is InChI=1S/C18H21N5O/c1-2-14-16-17(23(22-14)13-7-3-4-8-13)20-15(21-18(16)24)10-12-6-5-9-19-11-12/h5-6,9,11,13H,2-4,7-8,10H2,1H3,(H,20,21,24). The van der Waals surface area contributed by atoms with E-state index in [-0.39, 0.29) is 5.56 Å². The van der Waals surface area contributed by atoms with Crippen LogP contribution in [0.1, 0.15) is 55.7 Å². The number of pyridine rings is 1. The highest BCUT2D eigenvalue weighted by Gasteiger charge is 2.23. The minimum absolute atomic E-state index is 0.0833. The van der Waals surface area contributed by atoms with Crippen molar-refractivity contribution in [1.29, 1.82) is 0 Å². The monoisotopic (exact) mass is 323 g/mol. The van der Waals surface area contributed by atoms with Gasteiger partial charge in [-0.2, -0.15) is 5.10 Å². The highest BCUT2D eigenvalue weighted by molar-refractivity contribution is 5.77. The van der Waals surface area contributed by atoms with Crippen LogP contribution in [0, 0.1) is 0 Å². The summed E-state index contributed by atoms with van der Waals surface area (Å²) in [7, 11) is 0. The number of aromatic amines is 1. The van der Waals surface area contributed by atoms with Crippen LogP contribution in [0.2, 0.25) is 0 Å². The molecule has 0 aliphatic heterocycles. The molecule has 6 heteroatoms. The van der Waals surface area contributed by atoms with E-state index in [2.05, 4.69) is 9.97 Å². The predicted octanol–water partition coefficient (Wildman–Crippen LogP) is 2.78. The first-order valence-corrected chi connectivity index (χ1v) is 8.65. The molecule has 0 spiro atoms. The van der Waals surface area contributed by atoms with E-state index in [9.17, 15) is 4.79 Å². The molecule has 1 aliphatic rings. The van der Waals surface area contributed by atoms with Crippen molar-refractivity contribution in [3.8, 4) is 0 Å². The van der Waals surface area contributed by atoms with Crippen LogP contribution in [0.3, 0.4) is 0 Å². The van der Waals surface area contributed by atoms with Crippen molar-refractivity contribution in [1.82, 2.24) is 24.7 Å². The SMILES string of the molecule is CCc1nn(C2CCCC2)c2nc(Cc3cccnc3)[nH]c(=O)c12. The zero-order valence-corrected chi connectivity index (χ0v) is 13.8. The van der Waals surface area contributed by atoms with Gasteiger partial charge in [0.2, 0.25) is 0 Å². The van der Waals surface area contributed by atoms with E-state index in [4.69, 9.17) is 10.1 Å². The van der Waals surface area contributed by atoms with E-state index in [1.54, 1.807) is 12.4 Å². The second-order valence-corrected chi connectivity index (χ2v) is 6.43. The Morgan fingerprint density at radius 1 is 1.33 bits per heavy atom. The molecule has 1 N–H and O–H groups in total. The third-order valence-corrected chi connectivity index (χ3v) is 4.78. The van der Waals surface area contributed by atoms with Gasteiger partial charge in [-0.05, 0) is 30.9 Å². The van der Waals surface area contributed by atoms with Gasteiger partial charge in [0.05, 0.1) is 11.7 Å². The van der Waals surface area contributed by atoms with Crippen molar-refractivity contribution in [2.24, 2.45) is 0 Å². The van der Waals surface area contributed by atoms with Gasteiger partial charge in [0.1, 0.15) is 11.2 Å². The van der Waals surface area contributed by atoms with Crippen molar-refractivity contribution in [3.63, 3.8) is 0 Å². The summed E-state index contributed by atoms with van der Waals surface area (Å²) in [5.74, 6) is 0.669. The first kappa shape index (κ1) is 15.1. The van der Waals surface area contributed by atoms with Crippen molar-refractivity contribution < 1.29 is 0 Å². The van der Waals surface area contributed by atoms with E-state index in [0.29, 0.717) is 23.7 Å². The summed E-state index contributed by atoms with van der Waals surface area (Å²) in [5, 5.41) is 5.37. The molecule has 3 aromatic heterocycles. The van der Waals surface area contributed by atoms with Crippen molar-refractivity contribution >= 4 is 11.0 Å². The van der Waals surface area contributed by atoms with E-state index < -0.39 is 0 Å². The fourth-order valence-electron chi connectivity index (χ4n) is 3.59. The number of rotatable bonds is 4. The second-order valence-electron chi connectivity index (χ2n) is 6.43. The minimum atomic E-state index is -0.0833. The number of H-pyrrole nitrogens is 1. The van der Waals surface area contributed by atoms with Crippen molar-refractivity contribution in [2.45, 2.75) is 51.5 Å². The summed E-state index contributed by atoms with van der Waals surface area (Å²) in [4.78, 5) is 24.5. The molecule has 0 unspecified atom stereocenters. The summed E-state index contributed by atoms with van der Waals surface area (Å²) in [6, 6.07) is 4.25. The van der Waals surface area contributed by atoms with Gasteiger partial charge < -0.3 is 4.98 Å². The van der Waals surface area contributed by atoms with Crippen molar-refractivity contribution in [3.05, 3.63) is 52.0 Å². The van der Waals surface area contributed by atoms with Gasteiger partial charge >= 0.3 is 0 Å². The van der Waals surface area contributed by atoms with Crippen LogP contribution in [0.15, 0.2) is 29.3 Å². The molecule has 4 rings (SSSR count). The van der Waals surface area contributed by atoms with Gasteiger partial charge in [-0.1, -0.05) is 25.8 Å². The number of hydrogen-bond donors (Lipinski definition) is 1. The first-order chi connectivity index (χ1) is 11.8. The fraction of sp³-hybridized carbons (Fsp3) is 0.444. The van der Waals surface area contributed by atoms with Gasteiger partial charge in [-0.25, -0.2) is 9.67 Å². The maximum atomic E-state index is 12.6. The topological polar surface area (TPSA) is 76.5 Å². The number of nitrogens with zero attached hydrogens (tertiary/aromatic N) is 4. The Labute approximate surface area is 140 Å².